The molecule has 0 radical (unpaired) electrons. The summed E-state index contributed by atoms with van der Waals surface area (Å²) in [6.07, 6.45) is 0. The van der Waals surface area contributed by atoms with Gasteiger partial charge in [-0.2, -0.15) is 0 Å². The van der Waals surface area contributed by atoms with E-state index in [2.05, 4.69) is 0 Å². The molecule has 1 aliphatic heterocycles. The fourth-order valence-corrected chi connectivity index (χ4v) is 2.52. The summed E-state index contributed by atoms with van der Waals surface area (Å²) in [7, 11) is 0. The number of piperazine rings is 1. The maximum atomic E-state index is 11.3. The molecule has 1 aromatic carbocycles. The predicted molar refractivity (Wildman–Crippen MR) is 75.8 cm³/mol. The van der Waals surface area contributed by atoms with Crippen LogP contribution in [0.3, 0.4) is 0 Å². The fourth-order valence-electron chi connectivity index (χ4n) is 2.52. The Morgan fingerprint density at radius 3 is 2.48 bits per heavy atom. The number of aromatic carboxylic acids is 1. The van der Waals surface area contributed by atoms with Crippen LogP contribution < -0.4 is 4.90 Å². The Morgan fingerprint density at radius 1 is 1.29 bits per heavy atom. The first-order chi connectivity index (χ1) is 10.0. The second kappa shape index (κ2) is 6.51. The molecule has 1 aromatic rings. The molecule has 0 amide bonds. The molecule has 0 atom stereocenters. The van der Waals surface area contributed by atoms with E-state index in [0.29, 0.717) is 32.7 Å². The van der Waals surface area contributed by atoms with Crippen molar-refractivity contribution in [2.75, 3.05) is 44.2 Å². The zero-order valence-corrected chi connectivity index (χ0v) is 11.4. The van der Waals surface area contributed by atoms with Crippen molar-refractivity contribution in [3.05, 3.63) is 33.9 Å². The van der Waals surface area contributed by atoms with Gasteiger partial charge in [0.05, 0.1) is 17.1 Å². The first kappa shape index (κ1) is 15.2. The van der Waals surface area contributed by atoms with Gasteiger partial charge in [0.1, 0.15) is 5.69 Å². The quantitative estimate of drug-likeness (QED) is 0.598. The highest BCUT2D eigenvalue weighted by Gasteiger charge is 2.28. The van der Waals surface area contributed by atoms with Crippen molar-refractivity contribution in [3.8, 4) is 0 Å². The number of nitrogens with zero attached hydrogens (tertiary/aromatic N) is 3. The summed E-state index contributed by atoms with van der Waals surface area (Å²) in [6, 6.07) is 4.08. The molecule has 0 aromatic heterocycles. The molecule has 1 heterocycles. The molecule has 8 heteroatoms. The number of aliphatic hydroxyl groups is 1. The number of anilines is 1. The summed E-state index contributed by atoms with van der Waals surface area (Å²) in [6.45, 7) is 2.86. The smallest absolute Gasteiger partial charge is 0.338 e. The average molecular weight is 295 g/mol. The van der Waals surface area contributed by atoms with Gasteiger partial charge in [0.25, 0.3) is 5.69 Å². The summed E-state index contributed by atoms with van der Waals surface area (Å²) in [5.41, 5.74) is -0.0797. The third-order valence-electron chi connectivity index (χ3n) is 3.55. The van der Waals surface area contributed by atoms with Gasteiger partial charge in [-0.05, 0) is 6.07 Å². The Bertz CT molecular complexity index is 508. The van der Waals surface area contributed by atoms with Gasteiger partial charge in [0, 0.05) is 38.8 Å². The summed E-state index contributed by atoms with van der Waals surface area (Å²) in [5, 5.41) is 29.3. The second-order valence-corrected chi connectivity index (χ2v) is 4.79. The van der Waals surface area contributed by atoms with Crippen LogP contribution in [0, 0.1) is 10.1 Å². The third-order valence-corrected chi connectivity index (χ3v) is 3.55. The molecule has 0 bridgehead atoms. The van der Waals surface area contributed by atoms with Gasteiger partial charge in [-0.15, -0.1) is 0 Å². The van der Waals surface area contributed by atoms with Crippen LogP contribution in [-0.4, -0.2) is 65.3 Å². The summed E-state index contributed by atoms with van der Waals surface area (Å²) >= 11 is 0. The van der Waals surface area contributed by atoms with Gasteiger partial charge in [-0.1, -0.05) is 6.07 Å². The zero-order chi connectivity index (χ0) is 15.4. The number of nitro benzene ring substituents is 1. The second-order valence-electron chi connectivity index (χ2n) is 4.79. The van der Waals surface area contributed by atoms with E-state index in [1.807, 2.05) is 4.90 Å². The minimum Gasteiger partial charge on any atom is -0.478 e. The monoisotopic (exact) mass is 295 g/mol. The molecule has 0 spiro atoms. The molecule has 0 unspecified atom stereocenters. The highest BCUT2D eigenvalue weighted by atomic mass is 16.6. The van der Waals surface area contributed by atoms with Crippen LogP contribution in [0.2, 0.25) is 0 Å². The molecule has 0 aliphatic carbocycles. The Balaban J connectivity index is 2.30. The lowest BCUT2D eigenvalue weighted by Gasteiger charge is -2.35. The maximum Gasteiger partial charge on any atom is 0.338 e. The van der Waals surface area contributed by atoms with Crippen LogP contribution >= 0.6 is 0 Å². The fraction of sp³-hybridized carbons (Fsp3) is 0.462. The molecule has 114 valence electrons. The molecule has 8 nitrogen and oxygen atoms in total. The molecule has 2 N–H and O–H groups in total. The average Bonchev–Trinajstić information content (AvgIpc) is 2.47. The Morgan fingerprint density at radius 2 is 1.95 bits per heavy atom. The Labute approximate surface area is 121 Å². The van der Waals surface area contributed by atoms with Crippen molar-refractivity contribution in [2.24, 2.45) is 0 Å². The van der Waals surface area contributed by atoms with Gasteiger partial charge in [0.2, 0.25) is 0 Å². The highest BCUT2D eigenvalue weighted by Crippen LogP contribution is 2.32. The van der Waals surface area contributed by atoms with E-state index in [-0.39, 0.29) is 23.5 Å². The van der Waals surface area contributed by atoms with Crippen LogP contribution in [0.4, 0.5) is 11.4 Å². The van der Waals surface area contributed by atoms with E-state index in [1.54, 1.807) is 4.90 Å². The van der Waals surface area contributed by atoms with E-state index in [1.165, 1.54) is 18.2 Å². The number of carboxylic acids is 1. The SMILES string of the molecule is O=C(O)c1cccc([N+](=O)[O-])c1N1CCN(CCO)CC1. The number of aliphatic hydroxyl groups excluding tert-OH is 1. The van der Waals surface area contributed by atoms with Crippen LogP contribution in [0.15, 0.2) is 18.2 Å². The molecule has 1 fully saturated rings. The topological polar surface area (TPSA) is 107 Å². The lowest BCUT2D eigenvalue weighted by Crippen LogP contribution is -2.47. The van der Waals surface area contributed by atoms with E-state index < -0.39 is 10.9 Å². The summed E-state index contributed by atoms with van der Waals surface area (Å²) in [4.78, 5) is 25.7. The largest absolute Gasteiger partial charge is 0.478 e. The van der Waals surface area contributed by atoms with Gasteiger partial charge in [-0.3, -0.25) is 15.0 Å². The number of carbonyl (C=O) groups is 1. The van der Waals surface area contributed by atoms with Crippen molar-refractivity contribution < 1.29 is 19.9 Å². The van der Waals surface area contributed by atoms with Crippen LogP contribution in [0.1, 0.15) is 10.4 Å². The molecular formula is C13H17N3O5. The van der Waals surface area contributed by atoms with Crippen LogP contribution in [-0.2, 0) is 0 Å². The highest BCUT2D eigenvalue weighted by molar-refractivity contribution is 5.97. The first-order valence-corrected chi connectivity index (χ1v) is 6.63. The number of nitro groups is 1. The summed E-state index contributed by atoms with van der Waals surface area (Å²) < 4.78 is 0. The number of para-hydroxylation sites is 1. The number of rotatable bonds is 5. The number of hydrogen-bond acceptors (Lipinski definition) is 6. The van der Waals surface area contributed by atoms with Crippen molar-refractivity contribution in [2.45, 2.75) is 0 Å². The maximum absolute atomic E-state index is 11.3. The molecule has 2 rings (SSSR count). The van der Waals surface area contributed by atoms with Crippen molar-refractivity contribution in [1.29, 1.82) is 0 Å². The van der Waals surface area contributed by atoms with Crippen molar-refractivity contribution in [3.63, 3.8) is 0 Å². The lowest BCUT2D eigenvalue weighted by atomic mass is 10.1. The normalized spacial score (nSPS) is 16.0. The van der Waals surface area contributed by atoms with E-state index in [4.69, 9.17) is 5.11 Å². The summed E-state index contributed by atoms with van der Waals surface area (Å²) in [5.74, 6) is -1.17. The van der Waals surface area contributed by atoms with Crippen molar-refractivity contribution >= 4 is 17.3 Å². The number of benzene rings is 1. The van der Waals surface area contributed by atoms with E-state index >= 15 is 0 Å². The van der Waals surface area contributed by atoms with Crippen LogP contribution in [0.25, 0.3) is 0 Å². The minimum absolute atomic E-state index is 0.0557. The van der Waals surface area contributed by atoms with Gasteiger partial charge in [0.15, 0.2) is 0 Å². The standard InChI is InChI=1S/C13H17N3O5/c17-9-8-14-4-6-15(7-5-14)12-10(13(18)19)2-1-3-11(12)16(20)21/h1-3,17H,4-9H2,(H,18,19). The van der Waals surface area contributed by atoms with Crippen molar-refractivity contribution in [1.82, 2.24) is 4.90 Å². The first-order valence-electron chi connectivity index (χ1n) is 6.63. The number of hydrogen-bond donors (Lipinski definition) is 2. The Hall–Kier alpha value is -2.19. The molecule has 21 heavy (non-hydrogen) atoms. The van der Waals surface area contributed by atoms with Crippen LogP contribution in [0.5, 0.6) is 0 Å². The predicted octanol–water partition coefficient (Wildman–Crippen LogP) is 0.407. The zero-order valence-electron chi connectivity index (χ0n) is 11.4. The van der Waals surface area contributed by atoms with E-state index in [9.17, 15) is 20.0 Å². The lowest BCUT2D eigenvalue weighted by molar-refractivity contribution is -0.384. The van der Waals surface area contributed by atoms with Gasteiger partial charge < -0.3 is 15.1 Å². The molecule has 1 aliphatic rings. The number of carboxylic acid groups (broad SMARTS) is 1. The third kappa shape index (κ3) is 3.29. The molecule has 0 saturated carbocycles. The minimum atomic E-state index is -1.17. The van der Waals surface area contributed by atoms with Gasteiger partial charge in [-0.25, -0.2) is 4.79 Å². The molecule has 1 saturated heterocycles. The Kier molecular flexibility index (Phi) is 4.71. The number of β-amino-alcohol motifs (C(OH)–C–C–N with tert-alkyl or cyclic N) is 1. The van der Waals surface area contributed by atoms with E-state index in [0.717, 1.165) is 0 Å². The molecular weight excluding hydrogens is 278 g/mol. The van der Waals surface area contributed by atoms with Gasteiger partial charge >= 0.3 is 5.97 Å².